The van der Waals surface area contributed by atoms with Crippen LogP contribution < -0.4 is 10.3 Å². The predicted molar refractivity (Wildman–Crippen MR) is 98.6 cm³/mol. The lowest BCUT2D eigenvalue weighted by molar-refractivity contribution is 0.306. The number of rotatable bonds is 7. The van der Waals surface area contributed by atoms with Gasteiger partial charge in [-0.15, -0.1) is 11.6 Å². The van der Waals surface area contributed by atoms with Crippen molar-refractivity contribution in [3.63, 3.8) is 0 Å². The normalized spacial score (nSPS) is 14.4. The van der Waals surface area contributed by atoms with Crippen LogP contribution in [0.5, 0.6) is 5.75 Å². The lowest BCUT2D eigenvalue weighted by atomic mass is 10.1. The average molecular weight is 399 g/mol. The molecule has 1 aliphatic carbocycles. The Hall–Kier alpha value is -1.000. The van der Waals surface area contributed by atoms with Crippen LogP contribution in [-0.4, -0.2) is 11.2 Å². The summed E-state index contributed by atoms with van der Waals surface area (Å²) in [5, 5.41) is 1.55. The van der Waals surface area contributed by atoms with Gasteiger partial charge in [-0.2, -0.15) is 0 Å². The summed E-state index contributed by atoms with van der Waals surface area (Å²) < 4.78 is 8.84. The number of aromatic nitrogens is 1. The number of hydrogen-bond donors (Lipinski definition) is 0. The maximum atomic E-state index is 12.9. The number of unbranched alkanes of at least 4 members (excludes halogenated alkanes) is 1. The molecular weight excluding hydrogens is 378 g/mol. The van der Waals surface area contributed by atoms with Crippen molar-refractivity contribution in [1.29, 1.82) is 0 Å². The molecule has 5 heteroatoms. The molecule has 2 aromatic rings. The highest BCUT2D eigenvalue weighted by atomic mass is 79.9. The minimum absolute atomic E-state index is 0.0397. The smallest absolute Gasteiger partial charge is 0.258 e. The number of hydrogen-bond acceptors (Lipinski definition) is 2. The molecule has 0 saturated heterocycles. The van der Waals surface area contributed by atoms with Gasteiger partial charge in [-0.3, -0.25) is 4.79 Å². The zero-order chi connectivity index (χ0) is 16.4. The number of fused-ring (bicyclic) bond motifs is 1. The third-order valence-corrected chi connectivity index (χ3v) is 5.04. The molecule has 0 amide bonds. The Bertz CT molecular complexity index is 768. The Morgan fingerprint density at radius 3 is 2.78 bits per heavy atom. The molecule has 0 radical (unpaired) electrons. The first-order valence-corrected chi connectivity index (χ1v) is 9.52. The lowest BCUT2D eigenvalue weighted by Gasteiger charge is -2.19. The van der Waals surface area contributed by atoms with Gasteiger partial charge in [0, 0.05) is 16.4 Å². The van der Waals surface area contributed by atoms with Crippen LogP contribution in [0.15, 0.2) is 27.5 Å². The summed E-state index contributed by atoms with van der Waals surface area (Å²) in [6.07, 6.45) is 4.44. The second kappa shape index (κ2) is 7.27. The van der Waals surface area contributed by atoms with Crippen molar-refractivity contribution >= 4 is 38.3 Å². The summed E-state index contributed by atoms with van der Waals surface area (Å²) in [6.45, 7) is 3.52. The molecule has 23 heavy (non-hydrogen) atoms. The minimum Gasteiger partial charge on any atom is -0.491 e. The molecule has 1 aromatic heterocycles. The maximum Gasteiger partial charge on any atom is 0.258 e. The van der Waals surface area contributed by atoms with E-state index in [9.17, 15) is 4.79 Å². The first-order chi connectivity index (χ1) is 11.2. The third-order valence-electron chi connectivity index (χ3n) is 4.30. The fraction of sp³-hybridized carbons (Fsp3) is 0.500. The van der Waals surface area contributed by atoms with Crippen LogP contribution in [0.25, 0.3) is 10.8 Å². The van der Waals surface area contributed by atoms with E-state index in [4.69, 9.17) is 16.3 Å². The van der Waals surface area contributed by atoms with Crippen molar-refractivity contribution in [1.82, 2.24) is 4.57 Å². The van der Waals surface area contributed by atoms with Gasteiger partial charge in [0.25, 0.3) is 5.56 Å². The van der Waals surface area contributed by atoms with Crippen molar-refractivity contribution in [2.45, 2.75) is 45.0 Å². The monoisotopic (exact) mass is 397 g/mol. The largest absolute Gasteiger partial charge is 0.491 e. The highest BCUT2D eigenvalue weighted by molar-refractivity contribution is 9.10. The molecule has 0 bridgehead atoms. The highest BCUT2D eigenvalue weighted by Gasteiger charge is 2.25. The molecular formula is C18H21BrClNO2. The van der Waals surface area contributed by atoms with E-state index in [1.54, 1.807) is 0 Å². The molecule has 0 aliphatic heterocycles. The van der Waals surface area contributed by atoms with Gasteiger partial charge in [0.15, 0.2) is 0 Å². The molecule has 1 fully saturated rings. The molecule has 0 unspecified atom stereocenters. The minimum atomic E-state index is 0.0397. The first-order valence-electron chi connectivity index (χ1n) is 8.19. The number of benzene rings is 1. The lowest BCUT2D eigenvalue weighted by Crippen LogP contribution is -2.25. The molecule has 1 heterocycles. The van der Waals surface area contributed by atoms with Crippen LogP contribution in [0, 0.1) is 5.92 Å². The van der Waals surface area contributed by atoms with Gasteiger partial charge in [-0.1, -0.05) is 29.3 Å². The van der Waals surface area contributed by atoms with Crippen molar-refractivity contribution in [3.8, 4) is 5.75 Å². The van der Waals surface area contributed by atoms with Crippen LogP contribution in [0.3, 0.4) is 0 Å². The number of alkyl halides is 1. The zero-order valence-corrected chi connectivity index (χ0v) is 15.6. The second-order valence-electron chi connectivity index (χ2n) is 6.16. The Labute approximate surface area is 149 Å². The van der Waals surface area contributed by atoms with Crippen LogP contribution in [0.4, 0.5) is 0 Å². The maximum absolute atomic E-state index is 12.9. The molecule has 3 nitrogen and oxygen atoms in total. The molecule has 1 aliphatic rings. The van der Waals surface area contributed by atoms with Crippen LogP contribution in [0.2, 0.25) is 0 Å². The van der Waals surface area contributed by atoms with Gasteiger partial charge in [0.1, 0.15) is 5.75 Å². The van der Waals surface area contributed by atoms with Crippen LogP contribution in [0.1, 0.15) is 38.3 Å². The van der Waals surface area contributed by atoms with Gasteiger partial charge < -0.3 is 9.30 Å². The second-order valence-corrected chi connectivity index (χ2v) is 7.34. The van der Waals surface area contributed by atoms with Crippen molar-refractivity contribution in [2.24, 2.45) is 5.92 Å². The summed E-state index contributed by atoms with van der Waals surface area (Å²) in [4.78, 5) is 12.9. The van der Waals surface area contributed by atoms with Gasteiger partial charge in [-0.25, -0.2) is 0 Å². The molecule has 3 rings (SSSR count). The van der Waals surface area contributed by atoms with Crippen LogP contribution >= 0.6 is 27.5 Å². The van der Waals surface area contributed by atoms with E-state index in [1.807, 2.05) is 22.8 Å². The third kappa shape index (κ3) is 3.58. The number of ether oxygens (including phenoxy) is 1. The summed E-state index contributed by atoms with van der Waals surface area (Å²) in [6, 6.07) is 5.73. The van der Waals surface area contributed by atoms with E-state index >= 15 is 0 Å². The molecule has 0 atom stereocenters. The number of pyridine rings is 1. The quantitative estimate of drug-likeness (QED) is 0.480. The molecule has 1 aromatic carbocycles. The SMILES string of the molecule is CCCCOc1c(CCl)n(CC2CC2)c(=O)c2ccc(Br)cc12. The molecule has 124 valence electrons. The topological polar surface area (TPSA) is 31.2 Å². The summed E-state index contributed by atoms with van der Waals surface area (Å²) >= 11 is 9.71. The Balaban J connectivity index is 2.18. The number of nitrogens with zero attached hydrogens (tertiary/aromatic N) is 1. The Kier molecular flexibility index (Phi) is 5.32. The zero-order valence-electron chi connectivity index (χ0n) is 13.3. The Morgan fingerprint density at radius 2 is 2.13 bits per heavy atom. The van der Waals surface area contributed by atoms with Crippen molar-refractivity contribution in [3.05, 3.63) is 38.7 Å². The molecule has 1 saturated carbocycles. The van der Waals surface area contributed by atoms with Gasteiger partial charge in [0.2, 0.25) is 0 Å². The molecule has 0 N–H and O–H groups in total. The van der Waals surface area contributed by atoms with E-state index in [2.05, 4.69) is 22.9 Å². The van der Waals surface area contributed by atoms with E-state index in [0.29, 0.717) is 17.9 Å². The fourth-order valence-corrected chi connectivity index (χ4v) is 3.43. The van der Waals surface area contributed by atoms with E-state index in [0.717, 1.165) is 40.7 Å². The average Bonchev–Trinajstić information content (AvgIpc) is 3.35. The summed E-state index contributed by atoms with van der Waals surface area (Å²) in [5.41, 5.74) is 0.850. The number of halogens is 2. The van der Waals surface area contributed by atoms with Crippen LogP contribution in [-0.2, 0) is 12.4 Å². The fourth-order valence-electron chi connectivity index (χ4n) is 2.80. The van der Waals surface area contributed by atoms with Gasteiger partial charge in [-0.05, 0) is 43.4 Å². The summed E-state index contributed by atoms with van der Waals surface area (Å²) in [7, 11) is 0. The van der Waals surface area contributed by atoms with Gasteiger partial charge in [0.05, 0.1) is 23.6 Å². The Morgan fingerprint density at radius 1 is 1.35 bits per heavy atom. The summed E-state index contributed by atoms with van der Waals surface area (Å²) in [5.74, 6) is 1.65. The predicted octanol–water partition coefficient (Wildman–Crippen LogP) is 5.09. The van der Waals surface area contributed by atoms with Crippen molar-refractivity contribution < 1.29 is 4.74 Å². The standard InChI is InChI=1S/C18H21BrClNO2/c1-2-3-8-23-17-15-9-13(19)6-7-14(15)18(22)21(16(17)10-20)11-12-4-5-12/h6-7,9,12H,2-5,8,10-11H2,1H3. The van der Waals surface area contributed by atoms with Crippen molar-refractivity contribution in [2.75, 3.05) is 6.61 Å². The van der Waals surface area contributed by atoms with E-state index in [-0.39, 0.29) is 11.4 Å². The van der Waals surface area contributed by atoms with E-state index < -0.39 is 0 Å². The molecule has 0 spiro atoms. The van der Waals surface area contributed by atoms with E-state index in [1.165, 1.54) is 12.8 Å². The van der Waals surface area contributed by atoms with Gasteiger partial charge >= 0.3 is 0 Å². The first kappa shape index (κ1) is 16.8. The highest BCUT2D eigenvalue weighted by Crippen LogP contribution is 2.35.